The van der Waals surface area contributed by atoms with Crippen LogP contribution in [0.1, 0.15) is 31.4 Å². The van der Waals surface area contributed by atoms with Gasteiger partial charge in [-0.25, -0.2) is 4.39 Å². The van der Waals surface area contributed by atoms with E-state index in [0.717, 1.165) is 11.3 Å². The summed E-state index contributed by atoms with van der Waals surface area (Å²) < 4.78 is 24.9. The third-order valence-electron chi connectivity index (χ3n) is 4.42. The van der Waals surface area contributed by atoms with Gasteiger partial charge in [-0.3, -0.25) is 14.6 Å². The van der Waals surface area contributed by atoms with E-state index >= 15 is 0 Å². The zero-order valence-electron chi connectivity index (χ0n) is 16.9. The topological polar surface area (TPSA) is 93.5 Å². The number of amides is 2. The van der Waals surface area contributed by atoms with Gasteiger partial charge < -0.3 is 19.8 Å². The van der Waals surface area contributed by atoms with Gasteiger partial charge in [0.1, 0.15) is 5.75 Å². The predicted octanol–water partition coefficient (Wildman–Crippen LogP) is 5.16. The molecule has 0 atom stereocenters. The van der Waals surface area contributed by atoms with Gasteiger partial charge in [-0.2, -0.15) is 0 Å². The summed E-state index contributed by atoms with van der Waals surface area (Å²) in [7, 11) is 0. The number of ether oxygens (including phenoxy) is 1. The number of furan rings is 1. The van der Waals surface area contributed by atoms with Crippen molar-refractivity contribution in [3.8, 4) is 11.5 Å². The van der Waals surface area contributed by atoms with E-state index in [9.17, 15) is 14.0 Å². The quantitative estimate of drug-likeness (QED) is 0.405. The van der Waals surface area contributed by atoms with Crippen LogP contribution < -0.4 is 15.4 Å². The first kappa shape index (κ1) is 21.3. The SMILES string of the molecule is Cc1cc(NC(=O)c2ccco2)sc1C(=O)NCc1ccc(Oc2cccnc2)c(F)c1. The van der Waals surface area contributed by atoms with Gasteiger partial charge in [0.2, 0.25) is 0 Å². The summed E-state index contributed by atoms with van der Waals surface area (Å²) in [5.41, 5.74) is 1.29. The number of nitrogens with zero attached hydrogens (tertiary/aromatic N) is 1. The van der Waals surface area contributed by atoms with Crippen LogP contribution in [0.25, 0.3) is 0 Å². The van der Waals surface area contributed by atoms with Crippen molar-refractivity contribution < 1.29 is 23.1 Å². The molecule has 162 valence electrons. The van der Waals surface area contributed by atoms with Crippen LogP contribution in [0.3, 0.4) is 0 Å². The van der Waals surface area contributed by atoms with Crippen molar-refractivity contribution in [3.63, 3.8) is 0 Å². The first-order valence-corrected chi connectivity index (χ1v) is 10.4. The molecule has 0 unspecified atom stereocenters. The number of benzene rings is 1. The first-order chi connectivity index (χ1) is 15.5. The molecule has 4 rings (SSSR count). The van der Waals surface area contributed by atoms with Crippen LogP contribution in [0.5, 0.6) is 11.5 Å². The van der Waals surface area contributed by atoms with Gasteiger partial charge in [0.15, 0.2) is 17.3 Å². The van der Waals surface area contributed by atoms with E-state index in [1.807, 2.05) is 0 Å². The van der Waals surface area contributed by atoms with Crippen molar-refractivity contribution in [2.45, 2.75) is 13.5 Å². The number of carbonyl (C=O) groups excluding carboxylic acids is 2. The summed E-state index contributed by atoms with van der Waals surface area (Å²) in [4.78, 5) is 29.1. The molecule has 2 N–H and O–H groups in total. The molecule has 3 heterocycles. The highest BCUT2D eigenvalue weighted by molar-refractivity contribution is 7.18. The molecule has 1 aromatic carbocycles. The fourth-order valence-corrected chi connectivity index (χ4v) is 3.87. The number of halogens is 1. The van der Waals surface area contributed by atoms with Crippen LogP contribution in [-0.4, -0.2) is 16.8 Å². The normalized spacial score (nSPS) is 10.6. The lowest BCUT2D eigenvalue weighted by atomic mass is 10.2. The van der Waals surface area contributed by atoms with Crippen molar-refractivity contribution in [1.29, 1.82) is 0 Å². The molecule has 3 aromatic heterocycles. The summed E-state index contributed by atoms with van der Waals surface area (Å²) >= 11 is 1.15. The number of nitrogens with one attached hydrogen (secondary N) is 2. The number of anilines is 1. The van der Waals surface area contributed by atoms with Gasteiger partial charge >= 0.3 is 0 Å². The van der Waals surface area contributed by atoms with Gasteiger partial charge in [0.05, 0.1) is 22.3 Å². The lowest BCUT2D eigenvalue weighted by Crippen LogP contribution is -2.22. The Balaban J connectivity index is 1.37. The predicted molar refractivity (Wildman–Crippen MR) is 118 cm³/mol. The standard InChI is InChI=1S/C23H18FN3O4S/c1-14-10-20(27-22(28)19-5-3-9-30-19)32-21(14)23(29)26-12-15-6-7-18(17(24)11-15)31-16-4-2-8-25-13-16/h2-11,13H,12H2,1H3,(H,26,29)(H,27,28). The molecule has 4 aromatic rings. The number of hydrogen-bond acceptors (Lipinski definition) is 6. The molecule has 0 aliphatic rings. The van der Waals surface area contributed by atoms with Crippen molar-refractivity contribution in [2.24, 2.45) is 0 Å². The van der Waals surface area contributed by atoms with Crippen LogP contribution in [0.4, 0.5) is 9.39 Å². The maximum Gasteiger partial charge on any atom is 0.291 e. The van der Waals surface area contributed by atoms with Gasteiger partial charge in [-0.1, -0.05) is 6.07 Å². The van der Waals surface area contributed by atoms with Crippen LogP contribution in [-0.2, 0) is 6.54 Å². The van der Waals surface area contributed by atoms with Crippen molar-refractivity contribution in [2.75, 3.05) is 5.32 Å². The molecule has 0 bridgehead atoms. The van der Waals surface area contributed by atoms with Crippen LogP contribution in [0.15, 0.2) is 71.6 Å². The summed E-state index contributed by atoms with van der Waals surface area (Å²) in [5.74, 6) is -0.583. The molecule has 0 spiro atoms. The Hall–Kier alpha value is -3.98. The van der Waals surface area contributed by atoms with Gasteiger partial charge in [0, 0.05) is 12.7 Å². The highest BCUT2D eigenvalue weighted by atomic mass is 32.1. The Kier molecular flexibility index (Phi) is 6.27. The minimum atomic E-state index is -0.546. The first-order valence-electron chi connectivity index (χ1n) is 9.59. The zero-order valence-corrected chi connectivity index (χ0v) is 17.7. The number of pyridine rings is 1. The number of carbonyl (C=O) groups is 2. The van der Waals surface area contributed by atoms with E-state index in [-0.39, 0.29) is 24.0 Å². The van der Waals surface area contributed by atoms with Crippen molar-refractivity contribution in [1.82, 2.24) is 10.3 Å². The molecule has 0 aliphatic heterocycles. The highest BCUT2D eigenvalue weighted by Crippen LogP contribution is 2.28. The molecule has 0 saturated carbocycles. The van der Waals surface area contributed by atoms with E-state index in [1.54, 1.807) is 49.5 Å². The average molecular weight is 451 g/mol. The lowest BCUT2D eigenvalue weighted by Gasteiger charge is -2.09. The molecule has 0 fully saturated rings. The van der Waals surface area contributed by atoms with Crippen molar-refractivity contribution in [3.05, 3.63) is 94.8 Å². The number of aromatic nitrogens is 1. The Bertz CT molecular complexity index is 1240. The molecule has 7 nitrogen and oxygen atoms in total. The fourth-order valence-electron chi connectivity index (χ4n) is 2.88. The zero-order chi connectivity index (χ0) is 22.5. The van der Waals surface area contributed by atoms with E-state index in [1.165, 1.54) is 24.6 Å². The summed E-state index contributed by atoms with van der Waals surface area (Å²) in [5, 5.41) is 6.00. The number of thiophene rings is 1. The van der Waals surface area contributed by atoms with Crippen LogP contribution >= 0.6 is 11.3 Å². The molecule has 0 saturated heterocycles. The second-order valence-electron chi connectivity index (χ2n) is 6.79. The number of rotatable bonds is 7. The molecule has 0 aliphatic carbocycles. The molecular weight excluding hydrogens is 433 g/mol. The van der Waals surface area contributed by atoms with Gasteiger partial charge in [0.25, 0.3) is 11.8 Å². The Morgan fingerprint density at radius 1 is 1.16 bits per heavy atom. The molecule has 0 radical (unpaired) electrons. The Morgan fingerprint density at radius 2 is 2.03 bits per heavy atom. The van der Waals surface area contributed by atoms with Gasteiger partial charge in [-0.15, -0.1) is 11.3 Å². The number of aryl methyl sites for hydroxylation is 1. The van der Waals surface area contributed by atoms with Crippen LogP contribution in [0, 0.1) is 12.7 Å². The average Bonchev–Trinajstić information content (AvgIpc) is 3.45. The van der Waals surface area contributed by atoms with Crippen molar-refractivity contribution >= 4 is 28.2 Å². The third kappa shape index (κ3) is 5.01. The third-order valence-corrected chi connectivity index (χ3v) is 5.57. The van der Waals surface area contributed by atoms with Gasteiger partial charge in [-0.05, 0) is 60.5 Å². The summed E-state index contributed by atoms with van der Waals surface area (Å²) in [6.45, 7) is 1.91. The minimum Gasteiger partial charge on any atom is -0.459 e. The molecular formula is C23H18FN3O4S. The maximum atomic E-state index is 14.4. The minimum absolute atomic E-state index is 0.0686. The monoisotopic (exact) mass is 451 g/mol. The van der Waals surface area contributed by atoms with E-state index in [0.29, 0.717) is 26.8 Å². The maximum absolute atomic E-state index is 14.4. The van der Waals surface area contributed by atoms with Crippen LogP contribution in [0.2, 0.25) is 0 Å². The van der Waals surface area contributed by atoms with E-state index < -0.39 is 11.7 Å². The Labute approximate surface area is 186 Å². The second-order valence-corrected chi connectivity index (χ2v) is 7.84. The largest absolute Gasteiger partial charge is 0.459 e. The second kappa shape index (κ2) is 9.44. The molecule has 9 heteroatoms. The summed E-state index contributed by atoms with van der Waals surface area (Å²) in [6, 6.07) is 12.7. The number of hydrogen-bond donors (Lipinski definition) is 2. The highest BCUT2D eigenvalue weighted by Gasteiger charge is 2.17. The van der Waals surface area contributed by atoms with E-state index in [2.05, 4.69) is 15.6 Å². The lowest BCUT2D eigenvalue weighted by molar-refractivity contribution is 0.0953. The van der Waals surface area contributed by atoms with E-state index in [4.69, 9.17) is 9.15 Å². The Morgan fingerprint density at radius 3 is 2.75 bits per heavy atom. The molecule has 2 amide bonds. The molecule has 32 heavy (non-hydrogen) atoms. The smallest absolute Gasteiger partial charge is 0.291 e. The fraction of sp³-hybridized carbons (Fsp3) is 0.0870. The summed E-state index contributed by atoms with van der Waals surface area (Å²) in [6.07, 6.45) is 4.50.